The monoisotopic (exact) mass is 375 g/mol. The molecule has 2 heterocycles. The molecule has 1 N–H and O–H groups in total. The lowest BCUT2D eigenvalue weighted by Gasteiger charge is -2.39. The van der Waals surface area contributed by atoms with Crippen LogP contribution < -0.4 is 10.2 Å². The van der Waals surface area contributed by atoms with Gasteiger partial charge in [-0.25, -0.2) is 4.39 Å². The lowest BCUT2D eigenvalue weighted by Crippen LogP contribution is -2.52. The maximum Gasteiger partial charge on any atom is 0.225 e. The molecular weight excluding hydrogens is 352 g/mol. The van der Waals surface area contributed by atoms with Crippen LogP contribution in [-0.4, -0.2) is 49.6 Å². The quantitative estimate of drug-likeness (QED) is 0.862. The van der Waals surface area contributed by atoms with Crippen molar-refractivity contribution in [2.75, 3.05) is 37.6 Å². The van der Waals surface area contributed by atoms with Gasteiger partial charge >= 0.3 is 0 Å². The summed E-state index contributed by atoms with van der Waals surface area (Å²) < 4.78 is 13.2. The summed E-state index contributed by atoms with van der Waals surface area (Å²) in [5.74, 6) is 0.100. The van der Waals surface area contributed by atoms with Crippen molar-refractivity contribution in [2.45, 2.75) is 25.8 Å². The molecule has 7 heteroatoms. The highest BCUT2D eigenvalue weighted by atomic mass is 35.5. The Morgan fingerprint density at radius 1 is 1.29 bits per heavy atom. The Hall–Kier alpha value is -1.04. The summed E-state index contributed by atoms with van der Waals surface area (Å²) in [4.78, 5) is 16.7. The maximum atomic E-state index is 13.2. The van der Waals surface area contributed by atoms with Crippen molar-refractivity contribution in [2.24, 2.45) is 5.92 Å². The number of piperazine rings is 1. The number of rotatable bonds is 2. The second-order valence-electron chi connectivity index (χ2n) is 6.48. The van der Waals surface area contributed by atoms with Gasteiger partial charge in [0.25, 0.3) is 0 Å². The van der Waals surface area contributed by atoms with Crippen molar-refractivity contribution in [3.05, 3.63) is 29.0 Å². The number of halogens is 3. The molecule has 0 saturated carbocycles. The maximum absolute atomic E-state index is 13.2. The Balaban J connectivity index is 0.00000208. The third-order valence-electron chi connectivity index (χ3n) is 4.81. The summed E-state index contributed by atoms with van der Waals surface area (Å²) in [7, 11) is 0. The molecule has 1 aromatic rings. The summed E-state index contributed by atoms with van der Waals surface area (Å²) in [5, 5.41) is 3.81. The molecule has 2 aliphatic heterocycles. The van der Waals surface area contributed by atoms with Gasteiger partial charge in [0.2, 0.25) is 5.91 Å². The van der Waals surface area contributed by atoms with E-state index in [2.05, 4.69) is 17.1 Å². The molecule has 1 aromatic carbocycles. The smallest absolute Gasteiger partial charge is 0.225 e. The highest BCUT2D eigenvalue weighted by Gasteiger charge is 2.30. The summed E-state index contributed by atoms with van der Waals surface area (Å²) >= 11 is 6.13. The third kappa shape index (κ3) is 4.32. The van der Waals surface area contributed by atoms with Gasteiger partial charge < -0.3 is 15.1 Å². The molecule has 0 spiro atoms. The molecule has 2 saturated heterocycles. The number of hydrogen-bond acceptors (Lipinski definition) is 3. The molecule has 0 unspecified atom stereocenters. The van der Waals surface area contributed by atoms with Crippen LogP contribution in [0.1, 0.15) is 19.8 Å². The van der Waals surface area contributed by atoms with E-state index in [0.717, 1.165) is 38.2 Å². The summed E-state index contributed by atoms with van der Waals surface area (Å²) in [5.41, 5.74) is 0.843. The number of anilines is 1. The highest BCUT2D eigenvalue weighted by molar-refractivity contribution is 6.33. The molecule has 1 amide bonds. The van der Waals surface area contributed by atoms with Gasteiger partial charge in [-0.15, -0.1) is 12.4 Å². The number of nitrogens with zero attached hydrogens (tertiary/aromatic N) is 2. The number of hydrogen-bond donors (Lipinski definition) is 1. The molecule has 0 aromatic heterocycles. The standard InChI is InChI=1S/C17H23ClFN3O.ClH/c1-12-10-13(4-5-20-12)17(23)22-8-6-21(7-9-22)16-3-2-14(19)11-15(16)18;/h2-3,11-13,20H,4-10H2,1H3;1H/t12-,13-;/m0./s1. The van der Waals surface area contributed by atoms with Crippen molar-refractivity contribution >= 4 is 35.6 Å². The van der Waals surface area contributed by atoms with Gasteiger partial charge in [0, 0.05) is 38.1 Å². The van der Waals surface area contributed by atoms with Crippen LogP contribution in [0, 0.1) is 11.7 Å². The number of piperidine rings is 1. The van der Waals surface area contributed by atoms with Gasteiger partial charge in [-0.3, -0.25) is 4.79 Å². The summed E-state index contributed by atoms with van der Waals surface area (Å²) in [6, 6.07) is 4.89. The Morgan fingerprint density at radius 3 is 2.62 bits per heavy atom. The van der Waals surface area contributed by atoms with Crippen molar-refractivity contribution in [1.82, 2.24) is 10.2 Å². The zero-order valence-corrected chi connectivity index (χ0v) is 15.4. The van der Waals surface area contributed by atoms with Crippen LogP contribution >= 0.6 is 24.0 Å². The molecule has 24 heavy (non-hydrogen) atoms. The number of benzene rings is 1. The molecule has 0 bridgehead atoms. The predicted octanol–water partition coefficient (Wildman–Crippen LogP) is 2.94. The molecule has 2 atom stereocenters. The SMILES string of the molecule is C[C@H]1C[C@@H](C(=O)N2CCN(c3ccc(F)cc3Cl)CC2)CCN1.Cl. The summed E-state index contributed by atoms with van der Waals surface area (Å²) in [6.07, 6.45) is 1.84. The van der Waals surface area contributed by atoms with E-state index in [1.54, 1.807) is 6.07 Å². The van der Waals surface area contributed by atoms with Gasteiger partial charge in [-0.05, 0) is 44.5 Å². The second-order valence-corrected chi connectivity index (χ2v) is 6.89. The predicted molar refractivity (Wildman–Crippen MR) is 97.6 cm³/mol. The fraction of sp³-hybridized carbons (Fsp3) is 0.588. The molecule has 3 rings (SSSR count). The Labute approximate surface area is 153 Å². The van der Waals surface area contributed by atoms with Crippen molar-refractivity contribution < 1.29 is 9.18 Å². The Kier molecular flexibility index (Phi) is 6.72. The average Bonchev–Trinajstić information content (AvgIpc) is 2.54. The van der Waals surface area contributed by atoms with Crippen molar-refractivity contribution in [1.29, 1.82) is 0 Å². The molecule has 134 valence electrons. The van der Waals surface area contributed by atoms with Crippen LogP contribution in [0.2, 0.25) is 5.02 Å². The fourth-order valence-corrected chi connectivity index (χ4v) is 3.81. The minimum absolute atomic E-state index is 0. The Morgan fingerprint density at radius 2 is 2.00 bits per heavy atom. The van der Waals surface area contributed by atoms with Gasteiger partial charge in [0.1, 0.15) is 5.82 Å². The number of carbonyl (C=O) groups excluding carboxylic acids is 1. The van der Waals surface area contributed by atoms with Crippen LogP contribution in [0.3, 0.4) is 0 Å². The van der Waals surface area contributed by atoms with Gasteiger partial charge in [-0.2, -0.15) is 0 Å². The summed E-state index contributed by atoms with van der Waals surface area (Å²) in [6.45, 7) is 5.92. The van der Waals surface area contributed by atoms with Gasteiger partial charge in [0.15, 0.2) is 0 Å². The normalized spacial score (nSPS) is 24.5. The molecule has 0 radical (unpaired) electrons. The first kappa shape index (κ1) is 19.3. The fourth-order valence-electron chi connectivity index (χ4n) is 3.52. The second kappa shape index (κ2) is 8.37. The van der Waals surface area contributed by atoms with Crippen LogP contribution in [0.4, 0.5) is 10.1 Å². The first-order chi connectivity index (χ1) is 11.0. The minimum atomic E-state index is -0.326. The average molecular weight is 376 g/mol. The van der Waals surface area contributed by atoms with Gasteiger partial charge in [0.05, 0.1) is 10.7 Å². The zero-order chi connectivity index (χ0) is 16.4. The van der Waals surface area contributed by atoms with E-state index in [9.17, 15) is 9.18 Å². The lowest BCUT2D eigenvalue weighted by molar-refractivity contribution is -0.137. The van der Waals surface area contributed by atoms with Crippen LogP contribution in [0.25, 0.3) is 0 Å². The first-order valence-electron chi connectivity index (χ1n) is 8.27. The van der Waals surface area contributed by atoms with E-state index in [1.807, 2.05) is 4.90 Å². The van der Waals surface area contributed by atoms with Crippen LogP contribution in [0.15, 0.2) is 18.2 Å². The lowest BCUT2D eigenvalue weighted by atomic mass is 9.92. The Bertz CT molecular complexity index is 579. The van der Waals surface area contributed by atoms with Gasteiger partial charge in [-0.1, -0.05) is 11.6 Å². The van der Waals surface area contributed by atoms with E-state index < -0.39 is 0 Å². The molecule has 4 nitrogen and oxygen atoms in total. The van der Waals surface area contributed by atoms with Crippen LogP contribution in [0.5, 0.6) is 0 Å². The van der Waals surface area contributed by atoms with Crippen molar-refractivity contribution in [3.63, 3.8) is 0 Å². The van der Waals surface area contributed by atoms with E-state index >= 15 is 0 Å². The third-order valence-corrected chi connectivity index (χ3v) is 5.12. The van der Waals surface area contributed by atoms with E-state index in [0.29, 0.717) is 24.2 Å². The van der Waals surface area contributed by atoms with E-state index in [1.165, 1.54) is 12.1 Å². The van der Waals surface area contributed by atoms with E-state index in [-0.39, 0.29) is 30.0 Å². The molecule has 2 aliphatic rings. The topological polar surface area (TPSA) is 35.6 Å². The van der Waals surface area contributed by atoms with Crippen molar-refractivity contribution in [3.8, 4) is 0 Å². The highest BCUT2D eigenvalue weighted by Crippen LogP contribution is 2.28. The molecular formula is C17H24Cl2FN3O. The largest absolute Gasteiger partial charge is 0.367 e. The first-order valence-corrected chi connectivity index (χ1v) is 8.64. The van der Waals surface area contributed by atoms with Crippen LogP contribution in [-0.2, 0) is 4.79 Å². The van der Waals surface area contributed by atoms with E-state index in [4.69, 9.17) is 11.6 Å². The minimum Gasteiger partial charge on any atom is -0.367 e. The number of nitrogens with one attached hydrogen (secondary N) is 1. The zero-order valence-electron chi connectivity index (χ0n) is 13.8. The molecule has 2 fully saturated rings. The number of amides is 1. The number of carbonyl (C=O) groups is 1. The molecule has 0 aliphatic carbocycles.